The summed E-state index contributed by atoms with van der Waals surface area (Å²) in [6.07, 6.45) is 2.42. The first-order chi connectivity index (χ1) is 9.25. The average molecular weight is 273 g/mol. The van der Waals surface area contributed by atoms with Crippen molar-refractivity contribution in [2.24, 2.45) is 4.99 Å². The molecule has 0 aromatic heterocycles. The summed E-state index contributed by atoms with van der Waals surface area (Å²) in [7, 11) is 4.14. The molecule has 0 saturated heterocycles. The molecule has 0 atom stereocenters. The Labute approximate surface area is 119 Å². The molecule has 19 heavy (non-hydrogen) atoms. The molecule has 2 aliphatic heterocycles. The monoisotopic (exact) mass is 273 g/mol. The van der Waals surface area contributed by atoms with Crippen LogP contribution in [-0.2, 0) is 0 Å². The molecule has 0 N–H and O–H groups in total. The van der Waals surface area contributed by atoms with Crippen molar-refractivity contribution in [1.82, 2.24) is 4.90 Å². The van der Waals surface area contributed by atoms with Gasteiger partial charge in [0.1, 0.15) is 0 Å². The zero-order valence-electron chi connectivity index (χ0n) is 11.5. The number of benzene rings is 1. The number of hydrogen-bond donors (Lipinski definition) is 0. The second-order valence-electron chi connectivity index (χ2n) is 5.09. The van der Waals surface area contributed by atoms with E-state index in [-0.39, 0.29) is 0 Å². The lowest BCUT2D eigenvalue weighted by Gasteiger charge is -2.21. The Morgan fingerprint density at radius 3 is 2.68 bits per heavy atom. The second-order valence-corrected chi connectivity index (χ2v) is 5.92. The van der Waals surface area contributed by atoms with Gasteiger partial charge in [0.05, 0.1) is 5.70 Å². The average Bonchev–Trinajstić information content (AvgIpc) is 2.68. The number of hydrogen-bond acceptors (Lipinski definition) is 4. The highest BCUT2D eigenvalue weighted by molar-refractivity contribution is 8.16. The predicted molar refractivity (Wildman–Crippen MR) is 84.6 cm³/mol. The lowest BCUT2D eigenvalue weighted by atomic mass is 10.1. The van der Waals surface area contributed by atoms with Crippen LogP contribution in [0.3, 0.4) is 0 Å². The third kappa shape index (κ3) is 2.50. The molecule has 4 heteroatoms. The molecule has 1 aromatic rings. The van der Waals surface area contributed by atoms with Gasteiger partial charge in [0.2, 0.25) is 0 Å². The van der Waals surface area contributed by atoms with E-state index in [0.717, 1.165) is 13.1 Å². The van der Waals surface area contributed by atoms with Gasteiger partial charge in [0.15, 0.2) is 5.17 Å². The van der Waals surface area contributed by atoms with Gasteiger partial charge in [-0.3, -0.25) is 4.99 Å². The molecule has 3 rings (SSSR count). The van der Waals surface area contributed by atoms with Gasteiger partial charge in [0.25, 0.3) is 0 Å². The normalized spacial score (nSPS) is 18.5. The minimum atomic E-state index is 0.972. The molecule has 1 aromatic carbocycles. The predicted octanol–water partition coefficient (Wildman–Crippen LogP) is 3.25. The maximum Gasteiger partial charge on any atom is 0.168 e. The molecular formula is C15H19N3S. The summed E-state index contributed by atoms with van der Waals surface area (Å²) in [6.45, 7) is 2.06. The quantitative estimate of drug-likeness (QED) is 0.824. The molecule has 0 spiro atoms. The van der Waals surface area contributed by atoms with Crippen molar-refractivity contribution < 1.29 is 0 Å². The van der Waals surface area contributed by atoms with E-state index >= 15 is 0 Å². The second kappa shape index (κ2) is 5.29. The molecule has 0 amide bonds. The number of amidine groups is 1. The SMILES string of the molecule is CN(C)c1ccc(C2=CSC3=NCCCCN23)cc1. The number of thioether (sulfide) groups is 1. The van der Waals surface area contributed by atoms with Gasteiger partial charge in [0, 0.05) is 38.3 Å². The summed E-state index contributed by atoms with van der Waals surface area (Å²) < 4.78 is 0. The summed E-state index contributed by atoms with van der Waals surface area (Å²) in [4.78, 5) is 9.14. The zero-order valence-corrected chi connectivity index (χ0v) is 12.3. The van der Waals surface area contributed by atoms with Crippen molar-refractivity contribution in [2.75, 3.05) is 32.1 Å². The fourth-order valence-electron chi connectivity index (χ4n) is 2.39. The van der Waals surface area contributed by atoms with Crippen molar-refractivity contribution in [2.45, 2.75) is 12.8 Å². The highest BCUT2D eigenvalue weighted by atomic mass is 32.2. The van der Waals surface area contributed by atoms with Gasteiger partial charge >= 0.3 is 0 Å². The lowest BCUT2D eigenvalue weighted by Crippen LogP contribution is -2.23. The summed E-state index contributed by atoms with van der Waals surface area (Å²) >= 11 is 1.76. The van der Waals surface area contributed by atoms with Gasteiger partial charge in [-0.05, 0) is 30.5 Å². The van der Waals surface area contributed by atoms with Crippen LogP contribution in [-0.4, -0.2) is 37.3 Å². The molecule has 0 fully saturated rings. The summed E-state index contributed by atoms with van der Waals surface area (Å²) in [6, 6.07) is 8.76. The number of aliphatic imine (C=N–C) groups is 1. The van der Waals surface area contributed by atoms with E-state index in [9.17, 15) is 0 Å². The Kier molecular flexibility index (Phi) is 3.51. The standard InChI is InChI=1S/C15H19N3S/c1-17(2)13-7-5-12(6-8-13)14-11-19-15-16-9-3-4-10-18(14)15/h5-8,11H,3-4,9-10H2,1-2H3. The smallest absolute Gasteiger partial charge is 0.168 e. The van der Waals surface area contributed by atoms with Crippen LogP contribution in [0.2, 0.25) is 0 Å². The summed E-state index contributed by atoms with van der Waals surface area (Å²) in [5.41, 5.74) is 3.82. The molecular weight excluding hydrogens is 254 g/mol. The fraction of sp³-hybridized carbons (Fsp3) is 0.400. The Balaban J connectivity index is 1.86. The zero-order chi connectivity index (χ0) is 13.2. The molecule has 3 nitrogen and oxygen atoms in total. The van der Waals surface area contributed by atoms with Crippen molar-refractivity contribution in [1.29, 1.82) is 0 Å². The third-order valence-corrected chi connectivity index (χ3v) is 4.42. The first-order valence-corrected chi connectivity index (χ1v) is 7.60. The van der Waals surface area contributed by atoms with Crippen LogP contribution in [0.25, 0.3) is 5.70 Å². The van der Waals surface area contributed by atoms with E-state index in [1.807, 2.05) is 0 Å². The maximum absolute atomic E-state index is 4.65. The van der Waals surface area contributed by atoms with Crippen molar-refractivity contribution in [3.05, 3.63) is 35.2 Å². The molecule has 100 valence electrons. The maximum atomic E-state index is 4.65. The van der Waals surface area contributed by atoms with Gasteiger partial charge in [-0.25, -0.2) is 0 Å². The van der Waals surface area contributed by atoms with Crippen molar-refractivity contribution in [3.8, 4) is 0 Å². The van der Waals surface area contributed by atoms with Gasteiger partial charge < -0.3 is 9.80 Å². The van der Waals surface area contributed by atoms with Crippen LogP contribution < -0.4 is 4.90 Å². The van der Waals surface area contributed by atoms with E-state index in [1.165, 1.54) is 35.0 Å². The Morgan fingerprint density at radius 2 is 1.95 bits per heavy atom. The Bertz CT molecular complexity index is 517. The van der Waals surface area contributed by atoms with E-state index < -0.39 is 0 Å². The topological polar surface area (TPSA) is 18.8 Å². The molecule has 0 unspecified atom stereocenters. The van der Waals surface area contributed by atoms with Crippen molar-refractivity contribution >= 4 is 28.3 Å². The molecule has 0 radical (unpaired) electrons. The van der Waals surface area contributed by atoms with Crippen LogP contribution in [0.5, 0.6) is 0 Å². The van der Waals surface area contributed by atoms with E-state index in [2.05, 4.69) is 58.6 Å². The number of fused-ring (bicyclic) bond motifs is 1. The van der Waals surface area contributed by atoms with E-state index in [4.69, 9.17) is 0 Å². The first kappa shape index (κ1) is 12.6. The summed E-state index contributed by atoms with van der Waals surface area (Å²) in [5.74, 6) is 0. The number of anilines is 1. The van der Waals surface area contributed by atoms with Crippen LogP contribution >= 0.6 is 11.8 Å². The Hall–Kier alpha value is -1.42. The van der Waals surface area contributed by atoms with Crippen LogP contribution in [0.1, 0.15) is 18.4 Å². The summed E-state index contributed by atoms with van der Waals surface area (Å²) in [5, 5.41) is 3.40. The third-order valence-electron chi connectivity index (χ3n) is 3.51. The highest BCUT2D eigenvalue weighted by Crippen LogP contribution is 2.35. The Morgan fingerprint density at radius 1 is 1.16 bits per heavy atom. The molecule has 2 heterocycles. The molecule has 0 aliphatic carbocycles. The molecule has 0 bridgehead atoms. The van der Waals surface area contributed by atoms with E-state index in [1.54, 1.807) is 11.8 Å². The van der Waals surface area contributed by atoms with Crippen LogP contribution in [0.4, 0.5) is 5.69 Å². The fourth-order valence-corrected chi connectivity index (χ4v) is 3.35. The highest BCUT2D eigenvalue weighted by Gasteiger charge is 2.24. The lowest BCUT2D eigenvalue weighted by molar-refractivity contribution is 0.571. The van der Waals surface area contributed by atoms with Crippen LogP contribution in [0.15, 0.2) is 34.7 Å². The number of rotatable bonds is 2. The minimum Gasteiger partial charge on any atom is -0.378 e. The largest absolute Gasteiger partial charge is 0.378 e. The minimum absolute atomic E-state index is 0.972. The van der Waals surface area contributed by atoms with Crippen molar-refractivity contribution in [3.63, 3.8) is 0 Å². The van der Waals surface area contributed by atoms with E-state index in [0.29, 0.717) is 0 Å². The van der Waals surface area contributed by atoms with Crippen LogP contribution in [0, 0.1) is 0 Å². The van der Waals surface area contributed by atoms with Gasteiger partial charge in [-0.1, -0.05) is 23.9 Å². The number of nitrogens with zero attached hydrogens (tertiary/aromatic N) is 3. The van der Waals surface area contributed by atoms with Gasteiger partial charge in [-0.15, -0.1) is 0 Å². The molecule has 2 aliphatic rings. The first-order valence-electron chi connectivity index (χ1n) is 6.72. The van der Waals surface area contributed by atoms with Gasteiger partial charge in [-0.2, -0.15) is 0 Å². The molecule has 0 saturated carbocycles.